The number of piperidine rings is 1. The topological polar surface area (TPSA) is 49.5 Å². The molecule has 118 valence electrons. The molecular formula is C15H21F3N2O. The van der Waals surface area contributed by atoms with Crippen molar-refractivity contribution in [2.75, 3.05) is 18.0 Å². The van der Waals surface area contributed by atoms with Crippen molar-refractivity contribution in [1.82, 2.24) is 0 Å². The van der Waals surface area contributed by atoms with Crippen LogP contribution in [0.3, 0.4) is 0 Å². The van der Waals surface area contributed by atoms with Gasteiger partial charge < -0.3 is 15.7 Å². The number of alkyl halides is 3. The maximum Gasteiger partial charge on any atom is 0.416 e. The number of benzene rings is 1. The molecule has 1 aromatic carbocycles. The molecule has 0 spiro atoms. The Morgan fingerprint density at radius 3 is 2.71 bits per heavy atom. The van der Waals surface area contributed by atoms with E-state index in [0.717, 1.165) is 12.1 Å². The van der Waals surface area contributed by atoms with Crippen molar-refractivity contribution in [3.05, 3.63) is 29.8 Å². The largest absolute Gasteiger partial charge is 0.416 e. The molecule has 21 heavy (non-hydrogen) atoms. The number of halogens is 3. The standard InChI is InChI=1S/C15H21F3N2O/c1-2-14(21)10-6-12(19)9-20(8-10)13-5-3-4-11(7-13)15(16,17)18/h3-5,7,10,12,14,21H,2,6,8-9,19H2,1H3. The van der Waals surface area contributed by atoms with Gasteiger partial charge in [-0.05, 0) is 31.0 Å². The van der Waals surface area contributed by atoms with E-state index in [-0.39, 0.29) is 12.0 Å². The summed E-state index contributed by atoms with van der Waals surface area (Å²) in [4.78, 5) is 1.84. The molecular weight excluding hydrogens is 281 g/mol. The second-order valence-electron chi connectivity index (χ2n) is 5.68. The molecule has 1 aliphatic heterocycles. The summed E-state index contributed by atoms with van der Waals surface area (Å²) in [5.41, 5.74) is 5.84. The minimum absolute atomic E-state index is 0.00621. The first-order valence-electron chi connectivity index (χ1n) is 7.17. The van der Waals surface area contributed by atoms with Crippen molar-refractivity contribution in [3.8, 4) is 0 Å². The van der Waals surface area contributed by atoms with E-state index in [1.807, 2.05) is 11.8 Å². The number of hydrogen-bond donors (Lipinski definition) is 2. The SMILES string of the molecule is CCC(O)C1CC(N)CN(c2cccc(C(F)(F)F)c2)C1. The zero-order valence-electron chi connectivity index (χ0n) is 12.0. The molecule has 3 nitrogen and oxygen atoms in total. The number of nitrogens with two attached hydrogens (primary N) is 1. The number of rotatable bonds is 3. The van der Waals surface area contributed by atoms with Crippen molar-refractivity contribution in [1.29, 1.82) is 0 Å². The van der Waals surface area contributed by atoms with E-state index >= 15 is 0 Å². The smallest absolute Gasteiger partial charge is 0.393 e. The van der Waals surface area contributed by atoms with Gasteiger partial charge in [-0.1, -0.05) is 13.0 Å². The predicted octanol–water partition coefficient (Wildman–Crippen LogP) is 2.63. The van der Waals surface area contributed by atoms with E-state index in [4.69, 9.17) is 5.73 Å². The first kappa shape index (κ1) is 16.1. The number of aliphatic hydroxyl groups is 1. The monoisotopic (exact) mass is 302 g/mol. The van der Waals surface area contributed by atoms with Gasteiger partial charge in [0.1, 0.15) is 0 Å². The van der Waals surface area contributed by atoms with Crippen molar-refractivity contribution in [2.24, 2.45) is 11.7 Å². The first-order valence-corrected chi connectivity index (χ1v) is 7.17. The predicted molar refractivity (Wildman–Crippen MR) is 76.0 cm³/mol. The zero-order chi connectivity index (χ0) is 15.6. The molecule has 2 rings (SSSR count). The minimum atomic E-state index is -4.35. The number of anilines is 1. The van der Waals surface area contributed by atoms with Crippen LogP contribution in [0.4, 0.5) is 18.9 Å². The molecule has 1 aliphatic rings. The summed E-state index contributed by atoms with van der Waals surface area (Å²) >= 11 is 0. The van der Waals surface area contributed by atoms with E-state index < -0.39 is 17.8 Å². The fraction of sp³-hybridized carbons (Fsp3) is 0.600. The Kier molecular flexibility index (Phi) is 4.78. The third-order valence-electron chi connectivity index (χ3n) is 4.02. The average Bonchev–Trinajstić information content (AvgIpc) is 2.45. The van der Waals surface area contributed by atoms with Gasteiger partial charge >= 0.3 is 6.18 Å². The van der Waals surface area contributed by atoms with Crippen LogP contribution in [0.2, 0.25) is 0 Å². The Morgan fingerprint density at radius 1 is 1.38 bits per heavy atom. The molecule has 3 unspecified atom stereocenters. The fourth-order valence-electron chi connectivity index (χ4n) is 2.88. The summed E-state index contributed by atoms with van der Waals surface area (Å²) in [6, 6.07) is 5.13. The van der Waals surface area contributed by atoms with Gasteiger partial charge in [-0.25, -0.2) is 0 Å². The quantitative estimate of drug-likeness (QED) is 0.902. The van der Waals surface area contributed by atoms with Crippen LogP contribution >= 0.6 is 0 Å². The Labute approximate surface area is 122 Å². The Bertz CT molecular complexity index is 478. The molecule has 1 aromatic rings. The van der Waals surface area contributed by atoms with Crippen molar-refractivity contribution in [2.45, 2.75) is 38.1 Å². The number of hydrogen-bond acceptors (Lipinski definition) is 3. The van der Waals surface area contributed by atoms with Gasteiger partial charge in [0.25, 0.3) is 0 Å². The van der Waals surface area contributed by atoms with E-state index in [1.54, 1.807) is 6.07 Å². The van der Waals surface area contributed by atoms with Gasteiger partial charge in [-0.3, -0.25) is 0 Å². The summed E-state index contributed by atoms with van der Waals surface area (Å²) in [5.74, 6) is -0.00621. The van der Waals surface area contributed by atoms with Crippen molar-refractivity contribution < 1.29 is 18.3 Å². The van der Waals surface area contributed by atoms with Gasteiger partial charge in [0.05, 0.1) is 11.7 Å². The summed E-state index contributed by atoms with van der Waals surface area (Å²) in [6.07, 6.45) is -3.50. The molecule has 3 atom stereocenters. The van der Waals surface area contributed by atoms with Gasteiger partial charge in [0.15, 0.2) is 0 Å². The lowest BCUT2D eigenvalue weighted by molar-refractivity contribution is -0.137. The maximum absolute atomic E-state index is 12.8. The summed E-state index contributed by atoms with van der Waals surface area (Å²) in [6.45, 7) is 2.93. The van der Waals surface area contributed by atoms with Gasteiger partial charge in [-0.15, -0.1) is 0 Å². The van der Waals surface area contributed by atoms with Crippen LogP contribution in [0.5, 0.6) is 0 Å². The van der Waals surface area contributed by atoms with Crippen LogP contribution in [-0.4, -0.2) is 30.3 Å². The van der Waals surface area contributed by atoms with Crippen LogP contribution in [-0.2, 0) is 6.18 Å². The highest BCUT2D eigenvalue weighted by molar-refractivity contribution is 5.50. The molecule has 1 heterocycles. The lowest BCUT2D eigenvalue weighted by atomic mass is 9.88. The lowest BCUT2D eigenvalue weighted by Gasteiger charge is -2.39. The molecule has 0 amide bonds. The Balaban J connectivity index is 2.20. The maximum atomic E-state index is 12.8. The van der Waals surface area contributed by atoms with Crippen LogP contribution in [0.1, 0.15) is 25.3 Å². The van der Waals surface area contributed by atoms with Crippen molar-refractivity contribution in [3.63, 3.8) is 0 Å². The molecule has 0 aromatic heterocycles. The normalized spacial score (nSPS) is 25.0. The van der Waals surface area contributed by atoms with Crippen molar-refractivity contribution >= 4 is 5.69 Å². The molecule has 0 aliphatic carbocycles. The van der Waals surface area contributed by atoms with Gasteiger partial charge in [0.2, 0.25) is 0 Å². The average molecular weight is 302 g/mol. The van der Waals surface area contributed by atoms with E-state index in [9.17, 15) is 18.3 Å². The molecule has 1 fully saturated rings. The van der Waals surface area contributed by atoms with Gasteiger partial charge in [0, 0.05) is 30.7 Å². The molecule has 1 saturated heterocycles. The highest BCUT2D eigenvalue weighted by Gasteiger charge is 2.33. The van der Waals surface area contributed by atoms with Crippen LogP contribution in [0, 0.1) is 5.92 Å². The molecule has 6 heteroatoms. The van der Waals surface area contributed by atoms with Crippen LogP contribution < -0.4 is 10.6 Å². The molecule has 0 saturated carbocycles. The summed E-state index contributed by atoms with van der Waals surface area (Å²) in [5, 5.41) is 9.99. The van der Waals surface area contributed by atoms with E-state index in [1.165, 1.54) is 6.07 Å². The third-order valence-corrected chi connectivity index (χ3v) is 4.02. The summed E-state index contributed by atoms with van der Waals surface area (Å²) in [7, 11) is 0. The van der Waals surface area contributed by atoms with E-state index in [2.05, 4.69) is 0 Å². The number of nitrogens with zero attached hydrogens (tertiary/aromatic N) is 1. The zero-order valence-corrected chi connectivity index (χ0v) is 12.0. The Hall–Kier alpha value is -1.27. The van der Waals surface area contributed by atoms with Crippen LogP contribution in [0.15, 0.2) is 24.3 Å². The summed E-state index contributed by atoms with van der Waals surface area (Å²) < 4.78 is 38.4. The second kappa shape index (κ2) is 6.23. The van der Waals surface area contributed by atoms with Crippen LogP contribution in [0.25, 0.3) is 0 Å². The molecule has 0 radical (unpaired) electrons. The number of aliphatic hydroxyl groups excluding tert-OH is 1. The minimum Gasteiger partial charge on any atom is -0.393 e. The lowest BCUT2D eigenvalue weighted by Crippen LogP contribution is -2.50. The Morgan fingerprint density at radius 2 is 2.10 bits per heavy atom. The molecule has 0 bridgehead atoms. The second-order valence-corrected chi connectivity index (χ2v) is 5.68. The third kappa shape index (κ3) is 3.89. The fourth-order valence-corrected chi connectivity index (χ4v) is 2.88. The van der Waals surface area contributed by atoms with Gasteiger partial charge in [-0.2, -0.15) is 13.2 Å². The highest BCUT2D eigenvalue weighted by atomic mass is 19.4. The van der Waals surface area contributed by atoms with E-state index in [0.29, 0.717) is 31.6 Å². The molecule has 3 N–H and O–H groups in total. The first-order chi connectivity index (χ1) is 9.81. The highest BCUT2D eigenvalue weighted by Crippen LogP contribution is 2.33.